The Hall–Kier alpha value is -1.42. The average Bonchev–Trinajstić information content (AvgIpc) is 3.21. The number of carbonyl (C=O) groups is 1. The average molecular weight is 276 g/mol. The van der Waals surface area contributed by atoms with Crippen LogP contribution in [0.1, 0.15) is 31.2 Å². The monoisotopic (exact) mass is 276 g/mol. The van der Waals surface area contributed by atoms with Crippen molar-refractivity contribution in [3.63, 3.8) is 0 Å². The van der Waals surface area contributed by atoms with E-state index in [0.717, 1.165) is 38.8 Å². The highest BCUT2D eigenvalue weighted by atomic mass is 19.1. The van der Waals surface area contributed by atoms with Crippen LogP contribution < -0.4 is 5.32 Å². The van der Waals surface area contributed by atoms with E-state index in [1.807, 2.05) is 0 Å². The van der Waals surface area contributed by atoms with Crippen LogP contribution >= 0.6 is 0 Å². The predicted molar refractivity (Wildman–Crippen MR) is 76.0 cm³/mol. The second kappa shape index (κ2) is 5.17. The molecular weight excluding hydrogens is 255 g/mol. The Labute approximate surface area is 119 Å². The van der Waals surface area contributed by atoms with E-state index >= 15 is 0 Å². The van der Waals surface area contributed by atoms with Gasteiger partial charge >= 0.3 is 0 Å². The molecule has 1 amide bonds. The van der Waals surface area contributed by atoms with Gasteiger partial charge in [-0.1, -0.05) is 18.2 Å². The van der Waals surface area contributed by atoms with E-state index in [1.165, 1.54) is 6.07 Å². The predicted octanol–water partition coefficient (Wildman–Crippen LogP) is 2.07. The summed E-state index contributed by atoms with van der Waals surface area (Å²) >= 11 is 0. The topological polar surface area (TPSA) is 32.3 Å². The van der Waals surface area contributed by atoms with Crippen LogP contribution in [-0.4, -0.2) is 37.0 Å². The summed E-state index contributed by atoms with van der Waals surface area (Å²) in [5, 5.41) is 3.13. The van der Waals surface area contributed by atoms with Crippen molar-refractivity contribution in [1.29, 1.82) is 0 Å². The minimum atomic E-state index is -0.610. The summed E-state index contributed by atoms with van der Waals surface area (Å²) in [6, 6.07) is 6.86. The second-order valence-corrected chi connectivity index (χ2v) is 6.14. The quantitative estimate of drug-likeness (QED) is 0.916. The van der Waals surface area contributed by atoms with E-state index in [9.17, 15) is 9.18 Å². The van der Waals surface area contributed by atoms with Gasteiger partial charge in [0.15, 0.2) is 0 Å². The third-order valence-electron chi connectivity index (χ3n) is 4.53. The Balaban J connectivity index is 1.72. The maximum atomic E-state index is 13.9. The molecule has 1 aliphatic heterocycles. The van der Waals surface area contributed by atoms with Crippen LogP contribution in [0.2, 0.25) is 0 Å². The molecule has 1 aliphatic carbocycles. The maximum Gasteiger partial charge on any atom is 0.231 e. The third kappa shape index (κ3) is 2.44. The SMILES string of the molecule is CN1CCCC(NC(=O)C2(c3ccccc3F)CC2)C1. The van der Waals surface area contributed by atoms with E-state index in [-0.39, 0.29) is 17.8 Å². The summed E-state index contributed by atoms with van der Waals surface area (Å²) in [5.74, 6) is -0.260. The molecule has 1 unspecified atom stereocenters. The fraction of sp³-hybridized carbons (Fsp3) is 0.562. The minimum absolute atomic E-state index is 0.00269. The molecule has 3 rings (SSSR count). The molecule has 1 aromatic carbocycles. The van der Waals surface area contributed by atoms with Gasteiger partial charge in [-0.3, -0.25) is 4.79 Å². The Morgan fingerprint density at radius 3 is 2.80 bits per heavy atom. The zero-order chi connectivity index (χ0) is 14.2. The van der Waals surface area contributed by atoms with Crippen LogP contribution in [0.5, 0.6) is 0 Å². The van der Waals surface area contributed by atoms with E-state index in [0.29, 0.717) is 5.56 Å². The lowest BCUT2D eigenvalue weighted by atomic mass is 9.93. The molecule has 1 heterocycles. The highest BCUT2D eigenvalue weighted by Crippen LogP contribution is 2.49. The lowest BCUT2D eigenvalue weighted by Gasteiger charge is -2.31. The van der Waals surface area contributed by atoms with E-state index < -0.39 is 5.41 Å². The summed E-state index contributed by atoms with van der Waals surface area (Å²) in [5.41, 5.74) is -0.0527. The third-order valence-corrected chi connectivity index (χ3v) is 4.53. The van der Waals surface area contributed by atoms with Crippen molar-refractivity contribution in [2.24, 2.45) is 0 Å². The number of carbonyl (C=O) groups excluding carboxylic acids is 1. The molecule has 0 aromatic heterocycles. The summed E-state index contributed by atoms with van der Waals surface area (Å²) < 4.78 is 13.9. The number of halogens is 1. The van der Waals surface area contributed by atoms with Crippen molar-refractivity contribution < 1.29 is 9.18 Å². The summed E-state index contributed by atoms with van der Waals surface area (Å²) in [6.07, 6.45) is 3.63. The fourth-order valence-electron chi connectivity index (χ4n) is 3.20. The van der Waals surface area contributed by atoms with Crippen molar-refractivity contribution in [2.75, 3.05) is 20.1 Å². The van der Waals surface area contributed by atoms with E-state index in [1.54, 1.807) is 18.2 Å². The molecule has 1 aromatic rings. The lowest BCUT2D eigenvalue weighted by molar-refractivity contribution is -0.124. The Bertz CT molecular complexity index is 513. The number of likely N-dealkylation sites (tertiary alicyclic amines) is 1. The number of nitrogens with zero attached hydrogens (tertiary/aromatic N) is 1. The first-order valence-corrected chi connectivity index (χ1v) is 7.36. The number of piperidine rings is 1. The van der Waals surface area contributed by atoms with Gasteiger partial charge in [0, 0.05) is 18.2 Å². The number of hydrogen-bond acceptors (Lipinski definition) is 2. The second-order valence-electron chi connectivity index (χ2n) is 6.14. The van der Waals surface area contributed by atoms with Crippen LogP contribution in [0.3, 0.4) is 0 Å². The van der Waals surface area contributed by atoms with Crippen LogP contribution in [-0.2, 0) is 10.2 Å². The van der Waals surface area contributed by atoms with Crippen molar-refractivity contribution in [3.05, 3.63) is 35.6 Å². The molecule has 1 atom stereocenters. The molecule has 1 N–H and O–H groups in total. The first kappa shape index (κ1) is 13.6. The molecule has 2 fully saturated rings. The van der Waals surface area contributed by atoms with Crippen molar-refractivity contribution in [2.45, 2.75) is 37.1 Å². The minimum Gasteiger partial charge on any atom is -0.351 e. The van der Waals surface area contributed by atoms with E-state index in [2.05, 4.69) is 17.3 Å². The fourth-order valence-corrected chi connectivity index (χ4v) is 3.20. The molecule has 4 heteroatoms. The van der Waals surface area contributed by atoms with Crippen molar-refractivity contribution in [1.82, 2.24) is 10.2 Å². The number of hydrogen-bond donors (Lipinski definition) is 1. The normalized spacial score (nSPS) is 25.2. The summed E-state index contributed by atoms with van der Waals surface area (Å²) in [6.45, 7) is 1.98. The first-order chi connectivity index (χ1) is 9.62. The number of likely N-dealkylation sites (N-methyl/N-ethyl adjacent to an activating group) is 1. The molecule has 20 heavy (non-hydrogen) atoms. The Kier molecular flexibility index (Phi) is 3.50. The highest BCUT2D eigenvalue weighted by Gasteiger charge is 2.53. The van der Waals surface area contributed by atoms with Gasteiger partial charge in [-0.25, -0.2) is 4.39 Å². The van der Waals surface area contributed by atoms with Gasteiger partial charge in [-0.05, 0) is 45.3 Å². The van der Waals surface area contributed by atoms with Crippen LogP contribution in [0, 0.1) is 5.82 Å². The molecule has 2 aliphatic rings. The van der Waals surface area contributed by atoms with Crippen molar-refractivity contribution >= 4 is 5.91 Å². The first-order valence-electron chi connectivity index (χ1n) is 7.36. The summed E-state index contributed by atoms with van der Waals surface area (Å²) in [4.78, 5) is 14.8. The number of nitrogens with one attached hydrogen (secondary N) is 1. The largest absolute Gasteiger partial charge is 0.351 e. The lowest BCUT2D eigenvalue weighted by Crippen LogP contribution is -2.49. The highest BCUT2D eigenvalue weighted by molar-refractivity contribution is 5.91. The molecule has 0 spiro atoms. The number of benzene rings is 1. The van der Waals surface area contributed by atoms with Crippen molar-refractivity contribution in [3.8, 4) is 0 Å². The maximum absolute atomic E-state index is 13.9. The van der Waals surface area contributed by atoms with E-state index in [4.69, 9.17) is 0 Å². The van der Waals surface area contributed by atoms with Gasteiger partial charge < -0.3 is 10.2 Å². The molecule has 108 valence electrons. The Morgan fingerprint density at radius 1 is 1.40 bits per heavy atom. The molecule has 3 nitrogen and oxygen atoms in total. The van der Waals surface area contributed by atoms with Gasteiger partial charge in [0.25, 0.3) is 0 Å². The molecule has 0 radical (unpaired) electrons. The van der Waals surface area contributed by atoms with Gasteiger partial charge in [-0.2, -0.15) is 0 Å². The smallest absolute Gasteiger partial charge is 0.231 e. The zero-order valence-electron chi connectivity index (χ0n) is 11.9. The van der Waals surface area contributed by atoms with Gasteiger partial charge in [0.2, 0.25) is 5.91 Å². The molecular formula is C16H21FN2O. The molecule has 1 saturated carbocycles. The van der Waals surface area contributed by atoms with Gasteiger partial charge in [0.1, 0.15) is 5.82 Å². The van der Waals surface area contributed by atoms with Gasteiger partial charge in [-0.15, -0.1) is 0 Å². The summed E-state index contributed by atoms with van der Waals surface area (Å²) in [7, 11) is 2.07. The number of rotatable bonds is 3. The zero-order valence-corrected chi connectivity index (χ0v) is 11.9. The molecule has 0 bridgehead atoms. The van der Waals surface area contributed by atoms with Crippen LogP contribution in [0.15, 0.2) is 24.3 Å². The Morgan fingerprint density at radius 2 is 2.15 bits per heavy atom. The van der Waals surface area contributed by atoms with Gasteiger partial charge in [0.05, 0.1) is 5.41 Å². The van der Waals surface area contributed by atoms with Crippen LogP contribution in [0.4, 0.5) is 4.39 Å². The molecule has 1 saturated heterocycles. The number of amides is 1. The van der Waals surface area contributed by atoms with Crippen LogP contribution in [0.25, 0.3) is 0 Å². The standard InChI is InChI=1S/C16H21FN2O/c1-19-10-4-5-12(11-19)18-15(20)16(8-9-16)13-6-2-3-7-14(13)17/h2-3,6-7,12H,4-5,8-11H2,1H3,(H,18,20).